The van der Waals surface area contributed by atoms with E-state index in [-0.39, 0.29) is 12.3 Å². The second-order valence-electron chi connectivity index (χ2n) is 5.52. The van der Waals surface area contributed by atoms with Crippen molar-refractivity contribution in [3.8, 4) is 5.69 Å². The van der Waals surface area contributed by atoms with E-state index in [1.807, 2.05) is 30.3 Å². The van der Waals surface area contributed by atoms with E-state index in [0.29, 0.717) is 5.56 Å². The van der Waals surface area contributed by atoms with Gasteiger partial charge < -0.3 is 10.1 Å². The number of amides is 1. The van der Waals surface area contributed by atoms with Gasteiger partial charge in [-0.05, 0) is 40.3 Å². The summed E-state index contributed by atoms with van der Waals surface area (Å²) in [6, 6.07) is 15.6. The number of rotatable bonds is 6. The van der Waals surface area contributed by atoms with Gasteiger partial charge in [-0.25, -0.2) is 4.68 Å². The van der Waals surface area contributed by atoms with E-state index in [1.54, 1.807) is 24.3 Å². The van der Waals surface area contributed by atoms with Gasteiger partial charge in [0.2, 0.25) is 0 Å². The van der Waals surface area contributed by atoms with Crippen LogP contribution in [-0.4, -0.2) is 39.2 Å². The third-order valence-corrected chi connectivity index (χ3v) is 3.85. The Balaban J connectivity index is 1.75. The summed E-state index contributed by atoms with van der Waals surface area (Å²) in [5.41, 5.74) is 2.03. The predicted molar refractivity (Wildman–Crippen MR) is 92.4 cm³/mol. The Labute approximate surface area is 149 Å². The number of tetrazole rings is 1. The molecule has 0 aliphatic heterocycles. The molecule has 0 spiro atoms. The number of carbonyl (C=O) groups is 2. The van der Waals surface area contributed by atoms with Crippen LogP contribution in [0.2, 0.25) is 0 Å². The van der Waals surface area contributed by atoms with Crippen molar-refractivity contribution in [2.45, 2.75) is 12.5 Å². The van der Waals surface area contributed by atoms with Gasteiger partial charge in [-0.1, -0.05) is 30.3 Å². The molecule has 0 aliphatic rings. The minimum absolute atomic E-state index is 0.0506. The van der Waals surface area contributed by atoms with E-state index < -0.39 is 12.0 Å². The predicted octanol–water partition coefficient (Wildman–Crippen LogP) is 1.70. The summed E-state index contributed by atoms with van der Waals surface area (Å²) in [4.78, 5) is 24.3. The number of methoxy groups -OCH3 is 1. The lowest BCUT2D eigenvalue weighted by molar-refractivity contribution is -0.141. The molecule has 132 valence electrons. The van der Waals surface area contributed by atoms with Crippen molar-refractivity contribution in [3.63, 3.8) is 0 Å². The van der Waals surface area contributed by atoms with E-state index in [0.717, 1.165) is 11.3 Å². The van der Waals surface area contributed by atoms with Gasteiger partial charge in [-0.15, -0.1) is 5.10 Å². The zero-order valence-electron chi connectivity index (χ0n) is 14.1. The quantitative estimate of drug-likeness (QED) is 0.679. The lowest BCUT2D eigenvalue weighted by Gasteiger charge is -2.18. The molecule has 0 bridgehead atoms. The molecule has 1 atom stereocenters. The molecule has 2 aromatic carbocycles. The summed E-state index contributed by atoms with van der Waals surface area (Å²) in [5.74, 6) is -0.681. The van der Waals surface area contributed by atoms with Crippen molar-refractivity contribution in [3.05, 3.63) is 72.1 Å². The van der Waals surface area contributed by atoms with E-state index in [4.69, 9.17) is 4.74 Å². The summed E-state index contributed by atoms with van der Waals surface area (Å²) in [6.45, 7) is 0. The zero-order chi connectivity index (χ0) is 18.4. The molecule has 8 heteroatoms. The summed E-state index contributed by atoms with van der Waals surface area (Å²) < 4.78 is 6.23. The molecule has 1 heterocycles. The minimum atomic E-state index is -0.477. The highest BCUT2D eigenvalue weighted by molar-refractivity contribution is 5.94. The molecule has 1 aromatic heterocycles. The van der Waals surface area contributed by atoms with Crippen LogP contribution < -0.4 is 5.32 Å². The van der Waals surface area contributed by atoms with Gasteiger partial charge in [-0.2, -0.15) is 0 Å². The smallest absolute Gasteiger partial charge is 0.307 e. The van der Waals surface area contributed by atoms with Gasteiger partial charge in [0.25, 0.3) is 5.91 Å². The zero-order valence-corrected chi connectivity index (χ0v) is 14.1. The fraction of sp³-hybridized carbons (Fsp3) is 0.167. The second-order valence-corrected chi connectivity index (χ2v) is 5.52. The van der Waals surface area contributed by atoms with E-state index in [9.17, 15) is 9.59 Å². The van der Waals surface area contributed by atoms with E-state index >= 15 is 0 Å². The number of aromatic nitrogens is 4. The monoisotopic (exact) mass is 351 g/mol. The summed E-state index contributed by atoms with van der Waals surface area (Å²) >= 11 is 0. The van der Waals surface area contributed by atoms with Crippen molar-refractivity contribution >= 4 is 11.9 Å². The van der Waals surface area contributed by atoms with Gasteiger partial charge >= 0.3 is 5.97 Å². The van der Waals surface area contributed by atoms with E-state index in [1.165, 1.54) is 18.1 Å². The average molecular weight is 351 g/mol. The number of nitrogens with one attached hydrogen (secondary N) is 1. The van der Waals surface area contributed by atoms with Crippen LogP contribution in [0, 0.1) is 0 Å². The summed E-state index contributed by atoms with van der Waals surface area (Å²) in [5, 5.41) is 13.8. The third-order valence-electron chi connectivity index (χ3n) is 3.85. The number of esters is 1. The van der Waals surface area contributed by atoms with Crippen LogP contribution in [0.15, 0.2) is 60.9 Å². The molecule has 26 heavy (non-hydrogen) atoms. The summed E-state index contributed by atoms with van der Waals surface area (Å²) in [7, 11) is 1.32. The highest BCUT2D eigenvalue weighted by Gasteiger charge is 2.19. The van der Waals surface area contributed by atoms with Crippen LogP contribution in [0.3, 0.4) is 0 Å². The van der Waals surface area contributed by atoms with Crippen LogP contribution in [0.5, 0.6) is 0 Å². The molecule has 1 unspecified atom stereocenters. The molecule has 1 amide bonds. The van der Waals surface area contributed by atoms with Crippen molar-refractivity contribution < 1.29 is 14.3 Å². The Morgan fingerprint density at radius 1 is 1.12 bits per heavy atom. The maximum absolute atomic E-state index is 12.6. The van der Waals surface area contributed by atoms with E-state index in [2.05, 4.69) is 20.8 Å². The number of hydrogen-bond donors (Lipinski definition) is 1. The first-order chi connectivity index (χ1) is 12.7. The lowest BCUT2D eigenvalue weighted by atomic mass is 10.0. The number of benzene rings is 2. The van der Waals surface area contributed by atoms with Crippen molar-refractivity contribution in [2.75, 3.05) is 7.11 Å². The maximum atomic E-state index is 12.6. The van der Waals surface area contributed by atoms with Crippen molar-refractivity contribution in [2.24, 2.45) is 0 Å². The molecule has 0 aliphatic carbocycles. The lowest BCUT2D eigenvalue weighted by Crippen LogP contribution is -2.30. The summed E-state index contributed by atoms with van der Waals surface area (Å²) in [6.07, 6.45) is 1.52. The van der Waals surface area contributed by atoms with Crippen molar-refractivity contribution in [1.29, 1.82) is 0 Å². The van der Waals surface area contributed by atoms with Crippen LogP contribution >= 0.6 is 0 Å². The number of carbonyl (C=O) groups excluding carboxylic acids is 2. The SMILES string of the molecule is COC(=O)CC(NC(=O)c1ccc(-n2cnnn2)cc1)c1ccccc1. The number of ether oxygens (including phenoxy) is 1. The molecule has 3 aromatic rings. The molecular formula is C18H17N5O3. The molecule has 0 fully saturated rings. The Bertz CT molecular complexity index is 864. The molecule has 1 N–H and O–H groups in total. The van der Waals surface area contributed by atoms with Crippen molar-refractivity contribution in [1.82, 2.24) is 25.5 Å². The fourth-order valence-electron chi connectivity index (χ4n) is 2.47. The van der Waals surface area contributed by atoms with Crippen LogP contribution in [0.25, 0.3) is 5.69 Å². The third kappa shape index (κ3) is 4.10. The highest BCUT2D eigenvalue weighted by atomic mass is 16.5. The van der Waals surface area contributed by atoms with Gasteiger partial charge in [0, 0.05) is 5.56 Å². The first-order valence-corrected chi connectivity index (χ1v) is 7.93. The maximum Gasteiger partial charge on any atom is 0.307 e. The first-order valence-electron chi connectivity index (χ1n) is 7.93. The number of hydrogen-bond acceptors (Lipinski definition) is 6. The average Bonchev–Trinajstić information content (AvgIpc) is 3.23. The first kappa shape index (κ1) is 17.3. The molecule has 8 nitrogen and oxygen atoms in total. The molecule has 0 radical (unpaired) electrons. The van der Waals surface area contributed by atoms with Crippen LogP contribution in [-0.2, 0) is 9.53 Å². The Kier molecular flexibility index (Phi) is 5.33. The molecular weight excluding hydrogens is 334 g/mol. The van der Waals surface area contributed by atoms with Crippen LogP contribution in [0.4, 0.5) is 0 Å². The topological polar surface area (TPSA) is 99.0 Å². The minimum Gasteiger partial charge on any atom is -0.469 e. The largest absolute Gasteiger partial charge is 0.469 e. The van der Waals surface area contributed by atoms with Gasteiger partial charge in [0.05, 0.1) is 25.3 Å². The van der Waals surface area contributed by atoms with Gasteiger partial charge in [0.1, 0.15) is 6.33 Å². The fourth-order valence-corrected chi connectivity index (χ4v) is 2.47. The normalized spacial score (nSPS) is 11.6. The van der Waals surface area contributed by atoms with Gasteiger partial charge in [0.15, 0.2) is 0 Å². The molecule has 0 saturated heterocycles. The second kappa shape index (κ2) is 8.02. The highest BCUT2D eigenvalue weighted by Crippen LogP contribution is 2.18. The molecule has 0 saturated carbocycles. The Morgan fingerprint density at radius 3 is 2.46 bits per heavy atom. The van der Waals surface area contributed by atoms with Gasteiger partial charge in [-0.3, -0.25) is 9.59 Å². The molecule has 3 rings (SSSR count). The van der Waals surface area contributed by atoms with Crippen LogP contribution in [0.1, 0.15) is 28.4 Å². The Hall–Kier alpha value is -3.55. The standard InChI is InChI=1S/C18H17N5O3/c1-26-17(24)11-16(13-5-3-2-4-6-13)20-18(25)14-7-9-15(10-8-14)23-12-19-21-22-23/h2-10,12,16H,11H2,1H3,(H,20,25). The number of nitrogens with zero attached hydrogens (tertiary/aromatic N) is 4. The Morgan fingerprint density at radius 2 is 1.85 bits per heavy atom.